The maximum Gasteiger partial charge on any atom is 0.243 e. The topological polar surface area (TPSA) is 62.6 Å². The van der Waals surface area contributed by atoms with Gasteiger partial charge in [0.1, 0.15) is 17.8 Å². The third kappa shape index (κ3) is 2.59. The van der Waals surface area contributed by atoms with Crippen molar-refractivity contribution in [3.63, 3.8) is 0 Å². The molecule has 1 aromatic carbocycles. The molecule has 110 valence electrons. The number of fused-ring (bicyclic) bond motifs is 1. The lowest BCUT2D eigenvalue weighted by atomic mass is 9.80. The number of nitrogens with zero attached hydrogens (tertiary/aromatic N) is 2. The maximum atomic E-state index is 12.9. The van der Waals surface area contributed by atoms with E-state index < -0.39 is 5.41 Å². The van der Waals surface area contributed by atoms with Gasteiger partial charge in [0.05, 0.1) is 12.6 Å². The number of carbonyl (C=O) groups excluding carboxylic acids is 1. The summed E-state index contributed by atoms with van der Waals surface area (Å²) in [5, 5.41) is 9.52. The van der Waals surface area contributed by atoms with E-state index in [-0.39, 0.29) is 5.91 Å². The summed E-state index contributed by atoms with van der Waals surface area (Å²) in [5.41, 5.74) is 0.0563. The predicted molar refractivity (Wildman–Crippen MR) is 75.5 cm³/mol. The second-order valence-corrected chi connectivity index (χ2v) is 5.49. The Morgan fingerprint density at radius 3 is 2.76 bits per heavy atom. The third-order valence-corrected chi connectivity index (χ3v) is 4.21. The van der Waals surface area contributed by atoms with Crippen LogP contribution in [0.5, 0.6) is 5.75 Å². The Labute approximate surface area is 124 Å². The van der Waals surface area contributed by atoms with Crippen molar-refractivity contribution in [2.24, 2.45) is 5.41 Å². The molecule has 0 radical (unpaired) electrons. The van der Waals surface area contributed by atoms with Crippen LogP contribution in [-0.2, 0) is 16.1 Å². The largest absolute Gasteiger partial charge is 0.491 e. The summed E-state index contributed by atoms with van der Waals surface area (Å²) in [7, 11) is 0. The minimum Gasteiger partial charge on any atom is -0.491 e. The SMILES string of the molecule is N#CC1(C(=O)N2CCOc3ccccc3C2)CCOCC1. The third-order valence-electron chi connectivity index (χ3n) is 4.21. The van der Waals surface area contributed by atoms with Gasteiger partial charge in [0.2, 0.25) is 5.91 Å². The van der Waals surface area contributed by atoms with E-state index in [0.29, 0.717) is 45.8 Å². The fourth-order valence-electron chi connectivity index (χ4n) is 2.90. The van der Waals surface area contributed by atoms with Crippen molar-refractivity contribution in [3.05, 3.63) is 29.8 Å². The van der Waals surface area contributed by atoms with Crippen LogP contribution in [0.15, 0.2) is 24.3 Å². The average molecular weight is 286 g/mol. The highest BCUT2D eigenvalue weighted by Crippen LogP contribution is 2.33. The van der Waals surface area contributed by atoms with Crippen LogP contribution in [0.25, 0.3) is 0 Å². The molecule has 21 heavy (non-hydrogen) atoms. The molecule has 5 heteroatoms. The van der Waals surface area contributed by atoms with Crippen LogP contribution in [0.2, 0.25) is 0 Å². The molecule has 0 atom stereocenters. The molecule has 0 unspecified atom stereocenters. The number of benzene rings is 1. The van der Waals surface area contributed by atoms with Crippen LogP contribution in [-0.4, -0.2) is 37.2 Å². The van der Waals surface area contributed by atoms with Gasteiger partial charge in [-0.25, -0.2) is 0 Å². The lowest BCUT2D eigenvalue weighted by Crippen LogP contribution is -2.46. The smallest absolute Gasteiger partial charge is 0.243 e. The second-order valence-electron chi connectivity index (χ2n) is 5.49. The van der Waals surface area contributed by atoms with Gasteiger partial charge in [-0.05, 0) is 18.9 Å². The van der Waals surface area contributed by atoms with Crippen molar-refractivity contribution in [1.29, 1.82) is 5.26 Å². The van der Waals surface area contributed by atoms with Crippen molar-refractivity contribution >= 4 is 5.91 Å². The molecular weight excluding hydrogens is 268 g/mol. The Balaban J connectivity index is 1.83. The fraction of sp³-hybridized carbons (Fsp3) is 0.500. The Morgan fingerprint density at radius 1 is 1.24 bits per heavy atom. The van der Waals surface area contributed by atoms with Crippen molar-refractivity contribution in [3.8, 4) is 11.8 Å². The summed E-state index contributed by atoms with van der Waals surface area (Å²) in [6.45, 7) is 2.41. The van der Waals surface area contributed by atoms with E-state index in [2.05, 4.69) is 6.07 Å². The molecule has 1 fully saturated rings. The molecule has 1 amide bonds. The summed E-state index contributed by atoms with van der Waals surface area (Å²) in [5.74, 6) is 0.736. The predicted octanol–water partition coefficient (Wildman–Crippen LogP) is 1.73. The molecule has 1 aromatic rings. The summed E-state index contributed by atoms with van der Waals surface area (Å²) < 4.78 is 11.0. The van der Waals surface area contributed by atoms with Gasteiger partial charge < -0.3 is 14.4 Å². The van der Waals surface area contributed by atoms with Gasteiger partial charge in [-0.3, -0.25) is 4.79 Å². The second kappa shape index (κ2) is 5.74. The zero-order valence-corrected chi connectivity index (χ0v) is 11.9. The minimum atomic E-state index is -0.933. The number of hydrogen-bond acceptors (Lipinski definition) is 4. The molecular formula is C16H18N2O3. The zero-order chi connectivity index (χ0) is 14.7. The molecule has 5 nitrogen and oxygen atoms in total. The summed E-state index contributed by atoms with van der Waals surface area (Å²) in [4.78, 5) is 14.6. The lowest BCUT2D eigenvalue weighted by Gasteiger charge is -2.34. The van der Waals surface area contributed by atoms with Crippen molar-refractivity contribution in [2.75, 3.05) is 26.4 Å². The summed E-state index contributed by atoms with van der Waals surface area (Å²) >= 11 is 0. The van der Waals surface area contributed by atoms with Gasteiger partial charge in [-0.15, -0.1) is 0 Å². The summed E-state index contributed by atoms with van der Waals surface area (Å²) in [6.07, 6.45) is 0.947. The number of nitriles is 1. The van der Waals surface area contributed by atoms with Gasteiger partial charge in [0.25, 0.3) is 0 Å². The van der Waals surface area contributed by atoms with Gasteiger partial charge in [0, 0.05) is 25.3 Å². The highest BCUT2D eigenvalue weighted by Gasteiger charge is 2.43. The first kappa shape index (κ1) is 13.9. The highest BCUT2D eigenvalue weighted by atomic mass is 16.5. The number of rotatable bonds is 1. The average Bonchev–Trinajstić information content (AvgIpc) is 2.77. The lowest BCUT2D eigenvalue weighted by molar-refractivity contribution is -0.144. The normalized spacial score (nSPS) is 20.6. The number of amides is 1. The molecule has 0 aromatic heterocycles. The van der Waals surface area contributed by atoms with Crippen molar-refractivity contribution in [1.82, 2.24) is 4.90 Å². The maximum absolute atomic E-state index is 12.9. The van der Waals surface area contributed by atoms with Crippen LogP contribution in [0, 0.1) is 16.7 Å². The Bertz CT molecular complexity index is 573. The van der Waals surface area contributed by atoms with E-state index in [1.807, 2.05) is 24.3 Å². The van der Waals surface area contributed by atoms with Crippen LogP contribution < -0.4 is 4.74 Å². The monoisotopic (exact) mass is 286 g/mol. The molecule has 2 aliphatic rings. The number of para-hydroxylation sites is 1. The molecule has 0 aliphatic carbocycles. The number of hydrogen-bond donors (Lipinski definition) is 0. The molecule has 3 rings (SSSR count). The molecule has 2 heterocycles. The highest BCUT2D eigenvalue weighted by molar-refractivity contribution is 5.85. The Morgan fingerprint density at radius 2 is 2.00 bits per heavy atom. The molecule has 2 aliphatic heterocycles. The standard InChI is InChI=1S/C16H18N2O3/c17-12-16(5-8-20-9-6-16)15(19)18-7-10-21-14-4-2-1-3-13(14)11-18/h1-4H,5-11H2. The first-order valence-electron chi connectivity index (χ1n) is 7.24. The van der Waals surface area contributed by atoms with Crippen molar-refractivity contribution in [2.45, 2.75) is 19.4 Å². The fourth-order valence-corrected chi connectivity index (χ4v) is 2.90. The van der Waals surface area contributed by atoms with Crippen LogP contribution in [0.1, 0.15) is 18.4 Å². The van der Waals surface area contributed by atoms with E-state index in [0.717, 1.165) is 11.3 Å². The van der Waals surface area contributed by atoms with Crippen LogP contribution in [0.3, 0.4) is 0 Å². The molecule has 0 N–H and O–H groups in total. The zero-order valence-electron chi connectivity index (χ0n) is 11.9. The minimum absolute atomic E-state index is 0.0893. The van der Waals surface area contributed by atoms with E-state index in [1.54, 1.807) is 4.90 Å². The van der Waals surface area contributed by atoms with E-state index in [1.165, 1.54) is 0 Å². The number of carbonyl (C=O) groups is 1. The molecule has 0 saturated carbocycles. The quantitative estimate of drug-likeness (QED) is 0.788. The van der Waals surface area contributed by atoms with Gasteiger partial charge in [-0.1, -0.05) is 18.2 Å². The van der Waals surface area contributed by atoms with E-state index >= 15 is 0 Å². The molecule has 1 saturated heterocycles. The van der Waals surface area contributed by atoms with Crippen LogP contribution in [0.4, 0.5) is 0 Å². The summed E-state index contributed by atoms with van der Waals surface area (Å²) in [6, 6.07) is 9.98. The van der Waals surface area contributed by atoms with Gasteiger partial charge in [0.15, 0.2) is 0 Å². The van der Waals surface area contributed by atoms with Crippen LogP contribution >= 0.6 is 0 Å². The first-order valence-corrected chi connectivity index (χ1v) is 7.24. The van der Waals surface area contributed by atoms with E-state index in [9.17, 15) is 10.1 Å². The number of ether oxygens (including phenoxy) is 2. The van der Waals surface area contributed by atoms with Gasteiger partial charge in [-0.2, -0.15) is 5.26 Å². The molecule has 0 spiro atoms. The first-order chi connectivity index (χ1) is 10.2. The Hall–Kier alpha value is -2.06. The van der Waals surface area contributed by atoms with Crippen molar-refractivity contribution < 1.29 is 14.3 Å². The Kier molecular flexibility index (Phi) is 3.80. The van der Waals surface area contributed by atoms with E-state index in [4.69, 9.17) is 9.47 Å². The molecule has 0 bridgehead atoms. The van der Waals surface area contributed by atoms with Gasteiger partial charge >= 0.3 is 0 Å².